The first-order valence-corrected chi connectivity index (χ1v) is 8.63. The summed E-state index contributed by atoms with van der Waals surface area (Å²) < 4.78 is 10.7. The van der Waals surface area contributed by atoms with E-state index in [1.54, 1.807) is 13.0 Å². The number of rotatable bonds is 12. The highest BCUT2D eigenvalue weighted by atomic mass is 16.5. The summed E-state index contributed by atoms with van der Waals surface area (Å²) in [5.74, 6) is 0.775. The van der Waals surface area contributed by atoms with Crippen molar-refractivity contribution >= 4 is 11.8 Å². The number of carbonyl (C=O) groups is 2. The summed E-state index contributed by atoms with van der Waals surface area (Å²) in [5.41, 5.74) is 1.09. The summed E-state index contributed by atoms with van der Waals surface area (Å²) in [7, 11) is 1.89. The summed E-state index contributed by atoms with van der Waals surface area (Å²) in [6, 6.07) is 7.51. The summed E-state index contributed by atoms with van der Waals surface area (Å²) in [6.45, 7) is 8.45. The zero-order valence-electron chi connectivity index (χ0n) is 15.5. The number of esters is 1. The number of unbranched alkanes of at least 4 members (excludes halogenated alkanes) is 1. The Hall–Kier alpha value is -2.14. The van der Waals surface area contributed by atoms with Crippen LogP contribution in [-0.4, -0.2) is 43.0 Å². The fourth-order valence-electron chi connectivity index (χ4n) is 2.22. The molecule has 0 saturated heterocycles. The SMILES string of the molecule is C=CCOC(=O)[C@H](C)N(C)Cc1ccc(OCCCCC(C)=O)cc1. The fourth-order valence-corrected chi connectivity index (χ4v) is 2.22. The molecular weight excluding hydrogens is 318 g/mol. The second-order valence-corrected chi connectivity index (χ2v) is 6.16. The van der Waals surface area contributed by atoms with Crippen LogP contribution in [0.25, 0.3) is 0 Å². The number of hydrogen-bond donors (Lipinski definition) is 0. The minimum Gasteiger partial charge on any atom is -0.494 e. The average Bonchev–Trinajstić information content (AvgIpc) is 2.59. The van der Waals surface area contributed by atoms with Crippen LogP contribution >= 0.6 is 0 Å². The van der Waals surface area contributed by atoms with Gasteiger partial charge in [0.2, 0.25) is 0 Å². The summed E-state index contributed by atoms with van der Waals surface area (Å²) in [6.07, 6.45) is 3.90. The van der Waals surface area contributed by atoms with Crippen molar-refractivity contribution in [2.75, 3.05) is 20.3 Å². The van der Waals surface area contributed by atoms with Crippen molar-refractivity contribution in [3.8, 4) is 5.75 Å². The lowest BCUT2D eigenvalue weighted by Crippen LogP contribution is -2.36. The van der Waals surface area contributed by atoms with Crippen molar-refractivity contribution in [2.45, 2.75) is 45.7 Å². The predicted molar refractivity (Wildman–Crippen MR) is 98.6 cm³/mol. The molecule has 0 heterocycles. The van der Waals surface area contributed by atoms with Gasteiger partial charge in [-0.2, -0.15) is 0 Å². The topological polar surface area (TPSA) is 55.8 Å². The van der Waals surface area contributed by atoms with Gasteiger partial charge < -0.3 is 14.3 Å². The van der Waals surface area contributed by atoms with Gasteiger partial charge in [-0.15, -0.1) is 0 Å². The van der Waals surface area contributed by atoms with Gasteiger partial charge in [-0.25, -0.2) is 0 Å². The van der Waals surface area contributed by atoms with Gasteiger partial charge in [0.05, 0.1) is 6.61 Å². The summed E-state index contributed by atoms with van der Waals surface area (Å²) >= 11 is 0. The molecule has 0 fully saturated rings. The third kappa shape index (κ3) is 8.49. The van der Waals surface area contributed by atoms with E-state index in [1.807, 2.05) is 43.1 Å². The molecule has 0 amide bonds. The molecule has 0 aliphatic carbocycles. The molecule has 0 aromatic heterocycles. The van der Waals surface area contributed by atoms with Crippen LogP contribution < -0.4 is 4.74 Å². The predicted octanol–water partition coefficient (Wildman–Crippen LogP) is 3.37. The molecule has 0 saturated carbocycles. The first-order chi connectivity index (χ1) is 11.9. The lowest BCUT2D eigenvalue weighted by atomic mass is 10.2. The molecule has 0 aliphatic heterocycles. The zero-order valence-corrected chi connectivity index (χ0v) is 15.5. The van der Waals surface area contributed by atoms with Gasteiger partial charge in [-0.05, 0) is 51.4 Å². The number of likely N-dealkylation sites (N-methyl/N-ethyl adjacent to an activating group) is 1. The Labute approximate surface area is 150 Å². The fraction of sp³-hybridized carbons (Fsp3) is 0.500. The number of ketones is 1. The van der Waals surface area contributed by atoms with Crippen LogP contribution in [0, 0.1) is 0 Å². The van der Waals surface area contributed by atoms with Crippen LogP contribution in [0.3, 0.4) is 0 Å². The van der Waals surface area contributed by atoms with Crippen LogP contribution in [0.4, 0.5) is 0 Å². The molecule has 1 aromatic rings. The van der Waals surface area contributed by atoms with Crippen molar-refractivity contribution in [3.63, 3.8) is 0 Å². The average molecular weight is 347 g/mol. The van der Waals surface area contributed by atoms with E-state index < -0.39 is 0 Å². The Morgan fingerprint density at radius 2 is 1.92 bits per heavy atom. The standard InChI is InChI=1S/C20H29NO4/c1-5-13-25-20(23)17(3)21(4)15-18-9-11-19(12-10-18)24-14-7-6-8-16(2)22/h5,9-12,17H,1,6-8,13-15H2,2-4H3/t17-/m0/s1. The van der Waals surface area contributed by atoms with E-state index >= 15 is 0 Å². The molecule has 1 rings (SSSR count). The maximum atomic E-state index is 11.8. The third-order valence-corrected chi connectivity index (χ3v) is 3.89. The molecule has 138 valence electrons. The van der Waals surface area contributed by atoms with Crippen molar-refractivity contribution < 1.29 is 19.1 Å². The molecule has 0 unspecified atom stereocenters. The molecule has 1 atom stereocenters. The largest absolute Gasteiger partial charge is 0.494 e. The van der Waals surface area contributed by atoms with Crippen molar-refractivity contribution in [1.82, 2.24) is 4.90 Å². The Morgan fingerprint density at radius 1 is 1.24 bits per heavy atom. The van der Waals surface area contributed by atoms with Gasteiger partial charge >= 0.3 is 5.97 Å². The van der Waals surface area contributed by atoms with Gasteiger partial charge in [0, 0.05) is 13.0 Å². The van der Waals surface area contributed by atoms with E-state index in [9.17, 15) is 9.59 Å². The zero-order chi connectivity index (χ0) is 18.7. The number of nitrogens with zero attached hydrogens (tertiary/aromatic N) is 1. The van der Waals surface area contributed by atoms with Crippen LogP contribution in [0.15, 0.2) is 36.9 Å². The van der Waals surface area contributed by atoms with Crippen molar-refractivity contribution in [2.24, 2.45) is 0 Å². The van der Waals surface area contributed by atoms with Gasteiger partial charge in [0.15, 0.2) is 0 Å². The molecule has 1 aromatic carbocycles. The normalized spacial score (nSPS) is 11.8. The lowest BCUT2D eigenvalue weighted by molar-refractivity contribution is -0.147. The van der Waals surface area contributed by atoms with E-state index in [2.05, 4.69) is 6.58 Å². The number of benzene rings is 1. The molecular formula is C20H29NO4. The van der Waals surface area contributed by atoms with E-state index in [-0.39, 0.29) is 24.4 Å². The second kappa shape index (κ2) is 11.4. The second-order valence-electron chi connectivity index (χ2n) is 6.16. The van der Waals surface area contributed by atoms with Gasteiger partial charge in [0.25, 0.3) is 0 Å². The monoisotopic (exact) mass is 347 g/mol. The Bertz CT molecular complexity index is 553. The van der Waals surface area contributed by atoms with Crippen molar-refractivity contribution in [3.05, 3.63) is 42.5 Å². The molecule has 0 bridgehead atoms. The third-order valence-electron chi connectivity index (χ3n) is 3.89. The maximum Gasteiger partial charge on any atom is 0.323 e. The number of carbonyl (C=O) groups excluding carboxylic acids is 2. The highest BCUT2D eigenvalue weighted by molar-refractivity contribution is 5.75. The Morgan fingerprint density at radius 3 is 2.52 bits per heavy atom. The quantitative estimate of drug-likeness (QED) is 0.330. The van der Waals surface area contributed by atoms with Crippen LogP contribution in [-0.2, 0) is 20.9 Å². The Balaban J connectivity index is 2.38. The van der Waals surface area contributed by atoms with E-state index in [1.165, 1.54) is 0 Å². The maximum absolute atomic E-state index is 11.8. The number of Topliss-reactive ketones (excluding diaryl/α,β-unsaturated/α-hetero) is 1. The highest BCUT2D eigenvalue weighted by Gasteiger charge is 2.19. The molecule has 5 nitrogen and oxygen atoms in total. The molecule has 0 N–H and O–H groups in total. The molecule has 0 radical (unpaired) electrons. The first kappa shape index (κ1) is 20.9. The number of ether oxygens (including phenoxy) is 2. The Kier molecular flexibility index (Phi) is 9.55. The van der Waals surface area contributed by atoms with Crippen molar-refractivity contribution in [1.29, 1.82) is 0 Å². The molecule has 25 heavy (non-hydrogen) atoms. The molecule has 0 aliphatic rings. The lowest BCUT2D eigenvalue weighted by Gasteiger charge is -2.23. The van der Waals surface area contributed by atoms with Crippen LogP contribution in [0.2, 0.25) is 0 Å². The van der Waals surface area contributed by atoms with E-state index in [4.69, 9.17) is 9.47 Å². The first-order valence-electron chi connectivity index (χ1n) is 8.63. The van der Waals surface area contributed by atoms with Gasteiger partial charge in [-0.3, -0.25) is 9.69 Å². The molecule has 5 heteroatoms. The summed E-state index contributed by atoms with van der Waals surface area (Å²) in [4.78, 5) is 24.6. The smallest absolute Gasteiger partial charge is 0.323 e. The minimum absolute atomic E-state index is 0.219. The van der Waals surface area contributed by atoms with E-state index in [0.717, 1.165) is 24.2 Å². The summed E-state index contributed by atoms with van der Waals surface area (Å²) in [5, 5.41) is 0. The van der Waals surface area contributed by atoms with Gasteiger partial charge in [-0.1, -0.05) is 24.8 Å². The molecule has 0 spiro atoms. The van der Waals surface area contributed by atoms with Crippen LogP contribution in [0.5, 0.6) is 5.75 Å². The van der Waals surface area contributed by atoms with Gasteiger partial charge in [0.1, 0.15) is 24.2 Å². The van der Waals surface area contributed by atoms with Crippen LogP contribution in [0.1, 0.15) is 38.7 Å². The number of hydrogen-bond acceptors (Lipinski definition) is 5. The van der Waals surface area contributed by atoms with E-state index in [0.29, 0.717) is 19.6 Å². The highest BCUT2D eigenvalue weighted by Crippen LogP contribution is 2.15. The minimum atomic E-state index is -0.322.